The van der Waals surface area contributed by atoms with Gasteiger partial charge in [0.2, 0.25) is 0 Å². The number of para-hydroxylation sites is 1. The molecule has 3 atom stereocenters. The molecular weight excluding hydrogens is 318 g/mol. The van der Waals surface area contributed by atoms with Gasteiger partial charge in [0.25, 0.3) is 0 Å². The SMILES string of the molecule is C1=CC2CC1CC2CN1CCC(N2CCN(c3ccccc3)CC2)CC1. The molecule has 1 aromatic carbocycles. The number of anilines is 1. The van der Waals surface area contributed by atoms with E-state index in [1.165, 1.54) is 77.2 Å². The second-order valence-electron chi connectivity index (χ2n) is 8.93. The molecule has 2 aliphatic heterocycles. The number of piperazine rings is 1. The third kappa shape index (κ3) is 3.44. The lowest BCUT2D eigenvalue weighted by atomic mass is 9.92. The summed E-state index contributed by atoms with van der Waals surface area (Å²) in [6.45, 7) is 8.83. The Hall–Kier alpha value is -1.32. The third-order valence-electron chi connectivity index (χ3n) is 7.42. The van der Waals surface area contributed by atoms with Crippen molar-refractivity contribution in [1.29, 1.82) is 0 Å². The van der Waals surface area contributed by atoms with Crippen LogP contribution in [0, 0.1) is 17.8 Å². The first-order chi connectivity index (χ1) is 12.8. The molecule has 2 aliphatic carbocycles. The minimum absolute atomic E-state index is 0.823. The van der Waals surface area contributed by atoms with Crippen molar-refractivity contribution in [2.24, 2.45) is 17.8 Å². The van der Waals surface area contributed by atoms with Crippen LogP contribution in [-0.2, 0) is 0 Å². The zero-order valence-corrected chi connectivity index (χ0v) is 16.0. The van der Waals surface area contributed by atoms with E-state index >= 15 is 0 Å². The molecule has 0 aromatic heterocycles. The summed E-state index contributed by atoms with van der Waals surface area (Å²) >= 11 is 0. The second-order valence-corrected chi connectivity index (χ2v) is 8.93. The Kier molecular flexibility index (Phi) is 4.76. The molecule has 3 heteroatoms. The fourth-order valence-electron chi connectivity index (χ4n) is 5.89. The molecule has 1 aromatic rings. The van der Waals surface area contributed by atoms with Gasteiger partial charge in [0.15, 0.2) is 0 Å². The number of piperidine rings is 1. The smallest absolute Gasteiger partial charge is 0.0367 e. The van der Waals surface area contributed by atoms with E-state index in [4.69, 9.17) is 0 Å². The molecule has 140 valence electrons. The van der Waals surface area contributed by atoms with Gasteiger partial charge in [0, 0.05) is 44.5 Å². The molecule has 0 amide bonds. The largest absolute Gasteiger partial charge is 0.369 e. The maximum Gasteiger partial charge on any atom is 0.0367 e. The Balaban J connectivity index is 1.07. The number of fused-ring (bicyclic) bond motifs is 2. The highest BCUT2D eigenvalue weighted by atomic mass is 15.3. The molecule has 3 unspecified atom stereocenters. The fraction of sp³-hybridized carbons (Fsp3) is 0.652. The zero-order chi connectivity index (χ0) is 17.3. The van der Waals surface area contributed by atoms with E-state index in [1.54, 1.807) is 0 Å². The Labute approximate surface area is 158 Å². The van der Waals surface area contributed by atoms with Gasteiger partial charge in [0.05, 0.1) is 0 Å². The van der Waals surface area contributed by atoms with E-state index in [9.17, 15) is 0 Å². The highest BCUT2D eigenvalue weighted by Gasteiger charge is 2.37. The van der Waals surface area contributed by atoms with Gasteiger partial charge in [-0.25, -0.2) is 0 Å². The summed E-state index contributed by atoms with van der Waals surface area (Å²) in [7, 11) is 0. The predicted molar refractivity (Wildman–Crippen MR) is 109 cm³/mol. The topological polar surface area (TPSA) is 9.72 Å². The average molecular weight is 352 g/mol. The molecule has 2 saturated heterocycles. The second kappa shape index (κ2) is 7.36. The van der Waals surface area contributed by atoms with E-state index < -0.39 is 0 Å². The molecule has 5 rings (SSSR count). The van der Waals surface area contributed by atoms with Crippen molar-refractivity contribution in [3.8, 4) is 0 Å². The monoisotopic (exact) mass is 351 g/mol. The highest BCUT2D eigenvalue weighted by Crippen LogP contribution is 2.43. The van der Waals surface area contributed by atoms with E-state index in [0.717, 1.165) is 23.8 Å². The van der Waals surface area contributed by atoms with Crippen molar-refractivity contribution < 1.29 is 0 Å². The number of hydrogen-bond donors (Lipinski definition) is 0. The quantitative estimate of drug-likeness (QED) is 0.769. The fourth-order valence-corrected chi connectivity index (χ4v) is 5.89. The van der Waals surface area contributed by atoms with E-state index in [2.05, 4.69) is 57.2 Å². The van der Waals surface area contributed by atoms with Crippen LogP contribution in [0.1, 0.15) is 25.7 Å². The first-order valence-electron chi connectivity index (χ1n) is 10.8. The number of allylic oxidation sites excluding steroid dienone is 2. The van der Waals surface area contributed by atoms with Crippen LogP contribution in [0.25, 0.3) is 0 Å². The maximum atomic E-state index is 2.77. The van der Waals surface area contributed by atoms with Gasteiger partial charge in [-0.15, -0.1) is 0 Å². The first-order valence-corrected chi connectivity index (χ1v) is 10.8. The summed E-state index contributed by atoms with van der Waals surface area (Å²) in [5, 5.41) is 0. The van der Waals surface area contributed by atoms with Crippen molar-refractivity contribution in [3.63, 3.8) is 0 Å². The lowest BCUT2D eigenvalue weighted by Crippen LogP contribution is -2.53. The van der Waals surface area contributed by atoms with Crippen molar-refractivity contribution in [3.05, 3.63) is 42.5 Å². The first kappa shape index (κ1) is 16.8. The normalized spacial score (nSPS) is 33.2. The van der Waals surface area contributed by atoms with Gasteiger partial charge in [-0.2, -0.15) is 0 Å². The van der Waals surface area contributed by atoms with Crippen LogP contribution in [0.3, 0.4) is 0 Å². The maximum absolute atomic E-state index is 2.77. The molecule has 0 N–H and O–H groups in total. The molecule has 0 radical (unpaired) electrons. The molecule has 3 fully saturated rings. The van der Waals surface area contributed by atoms with Crippen molar-refractivity contribution in [2.75, 3.05) is 50.7 Å². The Morgan fingerprint density at radius 1 is 0.808 bits per heavy atom. The van der Waals surface area contributed by atoms with Gasteiger partial charge >= 0.3 is 0 Å². The van der Waals surface area contributed by atoms with E-state index in [0.29, 0.717) is 0 Å². The average Bonchev–Trinajstić information content (AvgIpc) is 3.33. The molecule has 1 saturated carbocycles. The lowest BCUT2D eigenvalue weighted by molar-refractivity contribution is 0.0919. The summed E-state index contributed by atoms with van der Waals surface area (Å²) in [6.07, 6.45) is 10.7. The van der Waals surface area contributed by atoms with Crippen molar-refractivity contribution in [1.82, 2.24) is 9.80 Å². The molecule has 4 aliphatic rings. The predicted octanol–water partition coefficient (Wildman–Crippen LogP) is 3.49. The standard InChI is InChI=1S/C23H33N3/c1-2-4-22(5-3-1)25-12-14-26(15-13-25)23-8-10-24(11-9-23)18-21-17-19-6-7-20(21)16-19/h1-7,19-21,23H,8-18H2. The Bertz CT molecular complexity index is 612. The van der Waals surface area contributed by atoms with Crippen molar-refractivity contribution >= 4 is 5.69 Å². The minimum atomic E-state index is 0.823. The Morgan fingerprint density at radius 3 is 2.23 bits per heavy atom. The molecule has 0 spiro atoms. The molecular formula is C23H33N3. The summed E-state index contributed by atoms with van der Waals surface area (Å²) in [5.41, 5.74) is 1.39. The van der Waals surface area contributed by atoms with Crippen molar-refractivity contribution in [2.45, 2.75) is 31.7 Å². The van der Waals surface area contributed by atoms with Crippen LogP contribution in [-0.4, -0.2) is 61.7 Å². The number of rotatable bonds is 4. The number of nitrogens with zero attached hydrogens (tertiary/aromatic N) is 3. The van der Waals surface area contributed by atoms with Crippen LogP contribution in [0.5, 0.6) is 0 Å². The molecule has 2 heterocycles. The van der Waals surface area contributed by atoms with Gasteiger partial charge < -0.3 is 9.80 Å². The van der Waals surface area contributed by atoms with E-state index in [-0.39, 0.29) is 0 Å². The van der Waals surface area contributed by atoms with Crippen LogP contribution >= 0.6 is 0 Å². The number of hydrogen-bond acceptors (Lipinski definition) is 3. The lowest BCUT2D eigenvalue weighted by Gasteiger charge is -2.44. The number of benzene rings is 1. The Morgan fingerprint density at radius 2 is 1.58 bits per heavy atom. The summed E-state index contributed by atoms with van der Waals surface area (Å²) in [5.74, 6) is 2.78. The highest BCUT2D eigenvalue weighted by molar-refractivity contribution is 5.46. The summed E-state index contributed by atoms with van der Waals surface area (Å²) in [6, 6.07) is 11.7. The zero-order valence-electron chi connectivity index (χ0n) is 16.0. The van der Waals surface area contributed by atoms with Gasteiger partial charge in [-0.1, -0.05) is 30.4 Å². The minimum Gasteiger partial charge on any atom is -0.369 e. The van der Waals surface area contributed by atoms with Gasteiger partial charge in [-0.3, -0.25) is 4.90 Å². The van der Waals surface area contributed by atoms with Crippen LogP contribution in [0.2, 0.25) is 0 Å². The van der Waals surface area contributed by atoms with Crippen LogP contribution in [0.15, 0.2) is 42.5 Å². The molecule has 26 heavy (non-hydrogen) atoms. The van der Waals surface area contributed by atoms with Crippen LogP contribution < -0.4 is 4.90 Å². The number of likely N-dealkylation sites (tertiary alicyclic amines) is 1. The summed E-state index contributed by atoms with van der Waals surface area (Å²) in [4.78, 5) is 8.10. The molecule has 3 nitrogen and oxygen atoms in total. The van der Waals surface area contributed by atoms with E-state index in [1.807, 2.05) is 0 Å². The molecule has 2 bridgehead atoms. The van der Waals surface area contributed by atoms with Gasteiger partial charge in [-0.05, 0) is 68.7 Å². The summed E-state index contributed by atoms with van der Waals surface area (Å²) < 4.78 is 0. The van der Waals surface area contributed by atoms with Gasteiger partial charge in [0.1, 0.15) is 0 Å². The van der Waals surface area contributed by atoms with Crippen LogP contribution in [0.4, 0.5) is 5.69 Å². The third-order valence-corrected chi connectivity index (χ3v) is 7.42.